The Hall–Kier alpha value is -1.13. The van der Waals surface area contributed by atoms with Gasteiger partial charge in [0.05, 0.1) is 6.10 Å². The molecule has 2 atom stereocenters. The number of aliphatic hydroxyl groups excluding tert-OH is 1. The SMILES string of the molecule is CCNC(C)c1cc(F)c(C)cc1N1CCCC(O)C1. The number of anilines is 1. The van der Waals surface area contributed by atoms with Crippen molar-refractivity contribution in [3.05, 3.63) is 29.1 Å². The Bertz CT molecular complexity index is 464. The van der Waals surface area contributed by atoms with Crippen molar-refractivity contribution < 1.29 is 9.50 Å². The van der Waals surface area contributed by atoms with Crippen molar-refractivity contribution in [1.29, 1.82) is 0 Å². The molecule has 0 bridgehead atoms. The lowest BCUT2D eigenvalue weighted by atomic mass is 9.99. The van der Waals surface area contributed by atoms with Gasteiger partial charge in [-0.2, -0.15) is 0 Å². The number of hydrogen-bond donors (Lipinski definition) is 2. The fourth-order valence-electron chi connectivity index (χ4n) is 2.89. The highest BCUT2D eigenvalue weighted by atomic mass is 19.1. The van der Waals surface area contributed by atoms with Gasteiger partial charge in [0.25, 0.3) is 0 Å². The van der Waals surface area contributed by atoms with Crippen molar-refractivity contribution in [2.24, 2.45) is 0 Å². The Kier molecular flexibility index (Phi) is 5.00. The normalized spacial score (nSPS) is 21.1. The van der Waals surface area contributed by atoms with Crippen LogP contribution >= 0.6 is 0 Å². The molecule has 0 amide bonds. The first-order valence-electron chi connectivity index (χ1n) is 7.49. The van der Waals surface area contributed by atoms with Crippen molar-refractivity contribution in [1.82, 2.24) is 5.32 Å². The van der Waals surface area contributed by atoms with Crippen LogP contribution in [-0.4, -0.2) is 30.8 Å². The van der Waals surface area contributed by atoms with E-state index in [1.54, 1.807) is 13.0 Å². The molecule has 1 aromatic carbocycles. The van der Waals surface area contributed by atoms with E-state index in [0.717, 1.165) is 37.2 Å². The second kappa shape index (κ2) is 6.55. The molecule has 3 nitrogen and oxygen atoms in total. The molecule has 1 aromatic rings. The van der Waals surface area contributed by atoms with Gasteiger partial charge in [0.15, 0.2) is 0 Å². The summed E-state index contributed by atoms with van der Waals surface area (Å²) in [7, 11) is 0. The van der Waals surface area contributed by atoms with Crippen LogP contribution in [0.25, 0.3) is 0 Å². The van der Waals surface area contributed by atoms with Crippen LogP contribution in [0.2, 0.25) is 0 Å². The zero-order chi connectivity index (χ0) is 14.7. The van der Waals surface area contributed by atoms with Crippen molar-refractivity contribution in [3.8, 4) is 0 Å². The van der Waals surface area contributed by atoms with Gasteiger partial charge in [-0.15, -0.1) is 0 Å². The summed E-state index contributed by atoms with van der Waals surface area (Å²) < 4.78 is 13.9. The number of rotatable bonds is 4. The van der Waals surface area contributed by atoms with Crippen LogP contribution in [0, 0.1) is 12.7 Å². The lowest BCUT2D eigenvalue weighted by Crippen LogP contribution is -2.39. The Morgan fingerprint density at radius 2 is 2.25 bits per heavy atom. The molecule has 0 aliphatic carbocycles. The summed E-state index contributed by atoms with van der Waals surface area (Å²) in [6.45, 7) is 8.30. The molecule has 20 heavy (non-hydrogen) atoms. The number of aryl methyl sites for hydroxylation is 1. The summed E-state index contributed by atoms with van der Waals surface area (Å²) in [5.74, 6) is -0.161. The maximum absolute atomic E-state index is 13.9. The summed E-state index contributed by atoms with van der Waals surface area (Å²) >= 11 is 0. The van der Waals surface area contributed by atoms with Crippen LogP contribution in [0.15, 0.2) is 12.1 Å². The minimum Gasteiger partial charge on any atom is -0.391 e. The van der Waals surface area contributed by atoms with E-state index < -0.39 is 0 Å². The van der Waals surface area contributed by atoms with Gasteiger partial charge >= 0.3 is 0 Å². The summed E-state index contributed by atoms with van der Waals surface area (Å²) in [4.78, 5) is 2.18. The molecule has 0 saturated carbocycles. The molecule has 4 heteroatoms. The Balaban J connectivity index is 2.36. The van der Waals surface area contributed by atoms with Crippen LogP contribution in [0.3, 0.4) is 0 Å². The monoisotopic (exact) mass is 280 g/mol. The van der Waals surface area contributed by atoms with Crippen LogP contribution in [0.4, 0.5) is 10.1 Å². The molecule has 0 spiro atoms. The third-order valence-corrected chi connectivity index (χ3v) is 4.02. The molecule has 1 aliphatic rings. The Morgan fingerprint density at radius 3 is 2.90 bits per heavy atom. The van der Waals surface area contributed by atoms with Crippen molar-refractivity contribution in [2.45, 2.75) is 45.8 Å². The number of piperidine rings is 1. The van der Waals surface area contributed by atoms with Gasteiger partial charge in [-0.05, 0) is 56.5 Å². The smallest absolute Gasteiger partial charge is 0.126 e. The maximum atomic E-state index is 13.9. The van der Waals surface area contributed by atoms with Crippen LogP contribution in [0.1, 0.15) is 43.9 Å². The fraction of sp³-hybridized carbons (Fsp3) is 0.625. The van der Waals surface area contributed by atoms with Gasteiger partial charge in [0, 0.05) is 24.8 Å². The van der Waals surface area contributed by atoms with E-state index in [9.17, 15) is 9.50 Å². The zero-order valence-electron chi connectivity index (χ0n) is 12.6. The quantitative estimate of drug-likeness (QED) is 0.890. The standard InChI is InChI=1S/C16H25FN2O/c1-4-18-12(3)14-9-15(17)11(2)8-16(14)19-7-5-6-13(20)10-19/h8-9,12-13,18,20H,4-7,10H2,1-3H3. The number of β-amino-alcohol motifs (C(OH)–C–C–N with tert-alkyl or cyclic N) is 1. The zero-order valence-corrected chi connectivity index (χ0v) is 12.6. The van der Waals surface area contributed by atoms with Gasteiger partial charge in [0.1, 0.15) is 5.82 Å². The lowest BCUT2D eigenvalue weighted by Gasteiger charge is -2.34. The van der Waals surface area contributed by atoms with E-state index in [1.165, 1.54) is 0 Å². The minimum atomic E-state index is -0.281. The summed E-state index contributed by atoms with van der Waals surface area (Å²) in [6.07, 6.45) is 1.55. The van der Waals surface area contributed by atoms with Crippen molar-refractivity contribution in [2.75, 3.05) is 24.5 Å². The van der Waals surface area contributed by atoms with Gasteiger partial charge in [-0.3, -0.25) is 0 Å². The molecule has 1 aliphatic heterocycles. The summed E-state index contributed by atoms with van der Waals surface area (Å²) in [6, 6.07) is 3.65. The van der Waals surface area contributed by atoms with Gasteiger partial charge in [-0.25, -0.2) is 4.39 Å². The number of halogens is 1. The van der Waals surface area contributed by atoms with Gasteiger partial charge < -0.3 is 15.3 Å². The molecular weight excluding hydrogens is 255 g/mol. The highest BCUT2D eigenvalue weighted by Crippen LogP contribution is 2.31. The predicted molar refractivity (Wildman–Crippen MR) is 80.7 cm³/mol. The summed E-state index contributed by atoms with van der Waals surface area (Å²) in [5, 5.41) is 13.2. The van der Waals surface area contributed by atoms with E-state index >= 15 is 0 Å². The van der Waals surface area contributed by atoms with E-state index in [1.807, 2.05) is 13.0 Å². The molecular formula is C16H25FN2O. The van der Waals surface area contributed by atoms with Crippen LogP contribution < -0.4 is 10.2 Å². The van der Waals surface area contributed by atoms with E-state index in [0.29, 0.717) is 12.1 Å². The number of benzene rings is 1. The Labute approximate surface area is 120 Å². The van der Waals surface area contributed by atoms with Gasteiger partial charge in [0.2, 0.25) is 0 Å². The van der Waals surface area contributed by atoms with Gasteiger partial charge in [-0.1, -0.05) is 6.92 Å². The maximum Gasteiger partial charge on any atom is 0.126 e. The molecule has 1 saturated heterocycles. The molecule has 112 valence electrons. The van der Waals surface area contributed by atoms with Crippen molar-refractivity contribution >= 4 is 5.69 Å². The predicted octanol–water partition coefficient (Wildman–Crippen LogP) is 2.77. The largest absolute Gasteiger partial charge is 0.391 e. The first kappa shape index (κ1) is 15.3. The third-order valence-electron chi connectivity index (χ3n) is 4.02. The van der Waals surface area contributed by atoms with E-state index in [2.05, 4.69) is 17.1 Å². The first-order chi connectivity index (χ1) is 9.52. The first-order valence-corrected chi connectivity index (χ1v) is 7.49. The topological polar surface area (TPSA) is 35.5 Å². The molecule has 2 unspecified atom stereocenters. The number of aliphatic hydroxyl groups is 1. The molecule has 1 fully saturated rings. The Morgan fingerprint density at radius 1 is 1.50 bits per heavy atom. The molecule has 2 rings (SSSR count). The van der Waals surface area contributed by atoms with E-state index in [-0.39, 0.29) is 18.0 Å². The lowest BCUT2D eigenvalue weighted by molar-refractivity contribution is 0.154. The average molecular weight is 280 g/mol. The molecule has 0 aromatic heterocycles. The fourth-order valence-corrected chi connectivity index (χ4v) is 2.89. The third kappa shape index (κ3) is 3.30. The number of nitrogens with one attached hydrogen (secondary N) is 1. The second-order valence-electron chi connectivity index (χ2n) is 5.68. The average Bonchev–Trinajstić information content (AvgIpc) is 2.41. The number of hydrogen-bond acceptors (Lipinski definition) is 3. The van der Waals surface area contributed by atoms with Crippen LogP contribution in [-0.2, 0) is 0 Å². The highest BCUT2D eigenvalue weighted by molar-refractivity contribution is 5.57. The molecule has 2 N–H and O–H groups in total. The minimum absolute atomic E-state index is 0.101. The van der Waals surface area contributed by atoms with E-state index in [4.69, 9.17) is 0 Å². The molecule has 1 heterocycles. The molecule has 0 radical (unpaired) electrons. The summed E-state index contributed by atoms with van der Waals surface area (Å²) in [5.41, 5.74) is 2.69. The second-order valence-corrected chi connectivity index (χ2v) is 5.68. The van der Waals surface area contributed by atoms with Crippen LogP contribution in [0.5, 0.6) is 0 Å². The van der Waals surface area contributed by atoms with Crippen molar-refractivity contribution in [3.63, 3.8) is 0 Å². The highest BCUT2D eigenvalue weighted by Gasteiger charge is 2.22. The number of nitrogens with zero attached hydrogens (tertiary/aromatic N) is 1.